The highest BCUT2D eigenvalue weighted by Gasteiger charge is 2.16. The minimum Gasteiger partial charge on any atom is -0.385 e. The highest BCUT2D eigenvalue weighted by atomic mass is 32.2. The molecular formula is C10H19N3O4S. The molecule has 0 aliphatic heterocycles. The van der Waals surface area contributed by atoms with E-state index in [1.807, 2.05) is 0 Å². The first kappa shape index (κ1) is 15.1. The van der Waals surface area contributed by atoms with Crippen molar-refractivity contribution in [3.63, 3.8) is 0 Å². The molecule has 0 aromatic carbocycles. The molecule has 8 heteroatoms. The molecule has 0 amide bonds. The molecule has 7 nitrogen and oxygen atoms in total. The number of sulfone groups is 1. The van der Waals surface area contributed by atoms with Gasteiger partial charge in [0.2, 0.25) is 5.89 Å². The number of hydrogen-bond donors (Lipinski definition) is 1. The SMILES string of the molecule is COCCCc1noc(C(N)CCS(C)(=O)=O)n1. The van der Waals surface area contributed by atoms with Crippen LogP contribution in [0.1, 0.15) is 30.6 Å². The summed E-state index contributed by atoms with van der Waals surface area (Å²) < 4.78 is 31.9. The number of hydrogen-bond acceptors (Lipinski definition) is 7. The first-order valence-corrected chi connectivity index (χ1v) is 7.73. The van der Waals surface area contributed by atoms with Crippen LogP contribution in [0.2, 0.25) is 0 Å². The molecule has 0 aliphatic carbocycles. The van der Waals surface area contributed by atoms with Gasteiger partial charge in [0.25, 0.3) is 0 Å². The Bertz CT molecular complexity index is 457. The number of aryl methyl sites for hydroxylation is 1. The van der Waals surface area contributed by atoms with E-state index >= 15 is 0 Å². The van der Waals surface area contributed by atoms with Crippen LogP contribution in [-0.2, 0) is 21.0 Å². The van der Waals surface area contributed by atoms with Crippen molar-refractivity contribution in [3.8, 4) is 0 Å². The van der Waals surface area contributed by atoms with E-state index < -0.39 is 15.9 Å². The maximum atomic E-state index is 11.0. The third-order valence-electron chi connectivity index (χ3n) is 2.35. The van der Waals surface area contributed by atoms with Crippen molar-refractivity contribution in [3.05, 3.63) is 11.7 Å². The predicted octanol–water partition coefficient (Wildman–Crippen LogP) is 0.0831. The molecule has 2 N–H and O–H groups in total. The summed E-state index contributed by atoms with van der Waals surface area (Å²) >= 11 is 0. The van der Waals surface area contributed by atoms with E-state index in [-0.39, 0.29) is 18.1 Å². The van der Waals surface area contributed by atoms with Gasteiger partial charge >= 0.3 is 0 Å². The Morgan fingerprint density at radius 2 is 2.22 bits per heavy atom. The van der Waals surface area contributed by atoms with Crippen LogP contribution in [0.4, 0.5) is 0 Å². The summed E-state index contributed by atoms with van der Waals surface area (Å²) in [6.07, 6.45) is 2.90. The van der Waals surface area contributed by atoms with E-state index in [0.29, 0.717) is 18.9 Å². The fourth-order valence-corrected chi connectivity index (χ4v) is 2.04. The van der Waals surface area contributed by atoms with Crippen molar-refractivity contribution >= 4 is 9.84 Å². The summed E-state index contributed by atoms with van der Waals surface area (Å²) in [5.41, 5.74) is 5.78. The average Bonchev–Trinajstić information content (AvgIpc) is 2.74. The minimum absolute atomic E-state index is 0.00948. The summed E-state index contributed by atoms with van der Waals surface area (Å²) in [6, 6.07) is -0.539. The van der Waals surface area contributed by atoms with Gasteiger partial charge in [-0.05, 0) is 12.8 Å². The van der Waals surface area contributed by atoms with Gasteiger partial charge in [-0.1, -0.05) is 5.16 Å². The van der Waals surface area contributed by atoms with Gasteiger partial charge in [0, 0.05) is 26.4 Å². The van der Waals surface area contributed by atoms with Gasteiger partial charge in [-0.3, -0.25) is 0 Å². The molecule has 1 rings (SSSR count). The molecule has 0 fully saturated rings. The molecule has 1 heterocycles. The highest BCUT2D eigenvalue weighted by molar-refractivity contribution is 7.90. The van der Waals surface area contributed by atoms with E-state index in [0.717, 1.165) is 6.42 Å². The van der Waals surface area contributed by atoms with Gasteiger partial charge in [-0.2, -0.15) is 4.98 Å². The number of nitrogens with zero attached hydrogens (tertiary/aromatic N) is 2. The van der Waals surface area contributed by atoms with Crippen molar-refractivity contribution in [2.24, 2.45) is 5.73 Å². The van der Waals surface area contributed by atoms with Crippen molar-refractivity contribution in [1.29, 1.82) is 0 Å². The van der Waals surface area contributed by atoms with Crippen LogP contribution < -0.4 is 5.73 Å². The number of methoxy groups -OCH3 is 1. The summed E-state index contributed by atoms with van der Waals surface area (Å²) in [6.45, 7) is 0.629. The summed E-state index contributed by atoms with van der Waals surface area (Å²) in [5, 5.41) is 3.78. The fourth-order valence-electron chi connectivity index (χ4n) is 1.36. The Labute approximate surface area is 107 Å². The van der Waals surface area contributed by atoms with Gasteiger partial charge < -0.3 is 15.0 Å². The molecule has 104 valence electrons. The van der Waals surface area contributed by atoms with Crippen LogP contribution in [0.15, 0.2) is 4.52 Å². The third kappa shape index (κ3) is 5.56. The van der Waals surface area contributed by atoms with Crippen LogP contribution in [-0.4, -0.2) is 44.3 Å². The Hall–Kier alpha value is -0.990. The Morgan fingerprint density at radius 3 is 2.83 bits per heavy atom. The fraction of sp³-hybridized carbons (Fsp3) is 0.800. The molecule has 0 aliphatic rings. The number of aromatic nitrogens is 2. The first-order valence-electron chi connectivity index (χ1n) is 5.67. The van der Waals surface area contributed by atoms with Crippen LogP contribution in [0.25, 0.3) is 0 Å². The van der Waals surface area contributed by atoms with Crippen LogP contribution >= 0.6 is 0 Å². The van der Waals surface area contributed by atoms with Gasteiger partial charge in [0.15, 0.2) is 5.82 Å². The molecule has 0 saturated heterocycles. The third-order valence-corrected chi connectivity index (χ3v) is 3.33. The molecule has 0 bridgehead atoms. The monoisotopic (exact) mass is 277 g/mol. The van der Waals surface area contributed by atoms with Crippen molar-refractivity contribution in [2.75, 3.05) is 25.7 Å². The lowest BCUT2D eigenvalue weighted by Crippen LogP contribution is -2.16. The second kappa shape index (κ2) is 6.81. The maximum Gasteiger partial charge on any atom is 0.243 e. The summed E-state index contributed by atoms with van der Waals surface area (Å²) in [7, 11) is -1.40. The largest absolute Gasteiger partial charge is 0.385 e. The maximum absolute atomic E-state index is 11.0. The molecule has 0 radical (unpaired) electrons. The number of rotatable bonds is 8. The Morgan fingerprint density at radius 1 is 1.50 bits per heavy atom. The van der Waals surface area contributed by atoms with E-state index in [1.165, 1.54) is 6.26 Å². The quantitative estimate of drug-likeness (QED) is 0.670. The van der Waals surface area contributed by atoms with E-state index in [2.05, 4.69) is 10.1 Å². The van der Waals surface area contributed by atoms with Crippen LogP contribution in [0.3, 0.4) is 0 Å². The minimum atomic E-state index is -3.02. The zero-order valence-electron chi connectivity index (χ0n) is 10.6. The topological polar surface area (TPSA) is 108 Å². The molecular weight excluding hydrogens is 258 g/mol. The van der Waals surface area contributed by atoms with E-state index in [4.69, 9.17) is 15.0 Å². The summed E-state index contributed by atoms with van der Waals surface area (Å²) in [4.78, 5) is 4.13. The smallest absolute Gasteiger partial charge is 0.243 e. The second-order valence-corrected chi connectivity index (χ2v) is 6.43. The predicted molar refractivity (Wildman–Crippen MR) is 65.8 cm³/mol. The van der Waals surface area contributed by atoms with Gasteiger partial charge in [0.05, 0.1) is 11.8 Å². The van der Waals surface area contributed by atoms with E-state index in [9.17, 15) is 8.42 Å². The Kier molecular flexibility index (Phi) is 5.70. The molecule has 1 atom stereocenters. The zero-order valence-corrected chi connectivity index (χ0v) is 11.4. The van der Waals surface area contributed by atoms with Crippen LogP contribution in [0, 0.1) is 0 Å². The molecule has 0 spiro atoms. The van der Waals surface area contributed by atoms with Gasteiger partial charge in [-0.25, -0.2) is 8.42 Å². The summed E-state index contributed by atoms with van der Waals surface area (Å²) in [5.74, 6) is 0.859. The van der Waals surface area contributed by atoms with Gasteiger partial charge in [0.1, 0.15) is 9.84 Å². The Balaban J connectivity index is 2.46. The van der Waals surface area contributed by atoms with Crippen molar-refractivity contribution in [1.82, 2.24) is 10.1 Å². The average molecular weight is 277 g/mol. The molecule has 1 unspecified atom stereocenters. The molecule has 1 aromatic heterocycles. The number of ether oxygens (including phenoxy) is 1. The zero-order chi connectivity index (χ0) is 13.6. The second-order valence-electron chi connectivity index (χ2n) is 4.17. The standard InChI is InChI=1S/C10H19N3O4S/c1-16-6-3-4-9-12-10(17-13-9)8(11)5-7-18(2,14)15/h8H,3-7,11H2,1-2H3. The normalized spacial score (nSPS) is 13.7. The van der Waals surface area contributed by atoms with E-state index in [1.54, 1.807) is 7.11 Å². The molecule has 0 saturated carbocycles. The molecule has 1 aromatic rings. The highest BCUT2D eigenvalue weighted by Crippen LogP contribution is 2.13. The van der Waals surface area contributed by atoms with Crippen molar-refractivity contribution in [2.45, 2.75) is 25.3 Å². The first-order chi connectivity index (χ1) is 8.42. The lowest BCUT2D eigenvalue weighted by Gasteiger charge is -2.04. The number of nitrogens with two attached hydrogens (primary N) is 1. The lowest BCUT2D eigenvalue weighted by atomic mass is 10.2. The van der Waals surface area contributed by atoms with Crippen LogP contribution in [0.5, 0.6) is 0 Å². The molecule has 18 heavy (non-hydrogen) atoms. The van der Waals surface area contributed by atoms with Gasteiger partial charge in [-0.15, -0.1) is 0 Å². The lowest BCUT2D eigenvalue weighted by molar-refractivity contribution is 0.194. The van der Waals surface area contributed by atoms with Crippen molar-refractivity contribution < 1.29 is 17.7 Å².